The molecule has 0 aromatic heterocycles. The van der Waals surface area contributed by atoms with Crippen LogP contribution in [-0.4, -0.2) is 17.0 Å². The number of hydrogen-bond acceptors (Lipinski definition) is 2. The summed E-state index contributed by atoms with van der Waals surface area (Å²) in [6, 6.07) is 0. The van der Waals surface area contributed by atoms with Crippen LogP contribution >= 0.6 is 0 Å². The van der Waals surface area contributed by atoms with E-state index in [0.717, 1.165) is 5.57 Å². The molecule has 0 aromatic carbocycles. The summed E-state index contributed by atoms with van der Waals surface area (Å²) in [4.78, 5) is 11.5. The minimum Gasteiger partial charge on any atom is -0.393 e. The molecule has 0 aliphatic heterocycles. The van der Waals surface area contributed by atoms with E-state index in [1.54, 1.807) is 6.08 Å². The van der Waals surface area contributed by atoms with E-state index in [2.05, 4.69) is 0 Å². The lowest BCUT2D eigenvalue weighted by atomic mass is 9.83. The molecular weight excluding hydrogens is 152 g/mol. The number of hydrogen-bond donors (Lipinski definition) is 1. The van der Waals surface area contributed by atoms with E-state index < -0.39 is 5.41 Å². The molecule has 2 heteroatoms. The monoisotopic (exact) mass is 168 g/mol. The highest BCUT2D eigenvalue weighted by Crippen LogP contribution is 2.30. The van der Waals surface area contributed by atoms with Crippen molar-refractivity contribution in [3.05, 3.63) is 11.6 Å². The van der Waals surface area contributed by atoms with Gasteiger partial charge in [-0.1, -0.05) is 19.4 Å². The van der Waals surface area contributed by atoms with Crippen molar-refractivity contribution in [3.63, 3.8) is 0 Å². The molecule has 2 nitrogen and oxygen atoms in total. The smallest absolute Gasteiger partial charge is 0.161 e. The van der Waals surface area contributed by atoms with Gasteiger partial charge in [0.2, 0.25) is 0 Å². The van der Waals surface area contributed by atoms with E-state index in [-0.39, 0.29) is 11.9 Å². The van der Waals surface area contributed by atoms with Crippen LogP contribution < -0.4 is 0 Å². The maximum atomic E-state index is 11.5. The van der Waals surface area contributed by atoms with Crippen molar-refractivity contribution in [2.45, 2.75) is 39.7 Å². The summed E-state index contributed by atoms with van der Waals surface area (Å²) < 4.78 is 0. The van der Waals surface area contributed by atoms with Crippen molar-refractivity contribution in [3.8, 4) is 0 Å². The molecule has 0 saturated heterocycles. The largest absolute Gasteiger partial charge is 0.393 e. The van der Waals surface area contributed by atoms with Crippen LogP contribution in [-0.2, 0) is 4.79 Å². The van der Waals surface area contributed by atoms with Crippen molar-refractivity contribution in [1.82, 2.24) is 0 Å². The van der Waals surface area contributed by atoms with Crippen LogP contribution in [0.2, 0.25) is 0 Å². The molecule has 0 bridgehead atoms. The van der Waals surface area contributed by atoms with Gasteiger partial charge in [0.15, 0.2) is 5.78 Å². The Balaban J connectivity index is 2.91. The Hall–Kier alpha value is -0.630. The number of aliphatic hydroxyl groups excluding tert-OH is 1. The number of carbonyl (C=O) groups is 1. The fraction of sp³-hybridized carbons (Fsp3) is 0.700. The number of rotatable bonds is 0. The van der Waals surface area contributed by atoms with Gasteiger partial charge >= 0.3 is 0 Å². The molecule has 0 saturated carbocycles. The Morgan fingerprint density at radius 1 is 1.58 bits per heavy atom. The second kappa shape index (κ2) is 3.02. The Bertz CT molecular complexity index is 226. The molecule has 0 aromatic rings. The summed E-state index contributed by atoms with van der Waals surface area (Å²) in [5.74, 6) is 0.136. The maximum Gasteiger partial charge on any atom is 0.161 e. The van der Waals surface area contributed by atoms with Gasteiger partial charge in [0, 0.05) is 5.41 Å². The standard InChI is InChI=1S/C10H16O2/c1-7-4-8(11)6-10(2,3)9(12)5-7/h5,8,11H,4,6H2,1-3H3. The molecule has 1 atom stereocenters. The summed E-state index contributed by atoms with van der Waals surface area (Å²) in [6.45, 7) is 5.66. The molecule has 0 amide bonds. The van der Waals surface area contributed by atoms with Crippen LogP contribution in [0.5, 0.6) is 0 Å². The molecule has 68 valence electrons. The predicted molar refractivity (Wildman–Crippen MR) is 47.8 cm³/mol. The third-order valence-corrected chi connectivity index (χ3v) is 2.35. The summed E-state index contributed by atoms with van der Waals surface area (Å²) in [5.41, 5.74) is 0.593. The Morgan fingerprint density at radius 3 is 2.75 bits per heavy atom. The molecule has 0 fully saturated rings. The third kappa shape index (κ3) is 1.95. The number of allylic oxidation sites excluding steroid dienone is 1. The van der Waals surface area contributed by atoms with Gasteiger partial charge in [-0.2, -0.15) is 0 Å². The zero-order valence-electron chi connectivity index (χ0n) is 7.92. The first-order chi connectivity index (χ1) is 5.42. The van der Waals surface area contributed by atoms with Crippen LogP contribution in [0.3, 0.4) is 0 Å². The molecule has 0 heterocycles. The lowest BCUT2D eigenvalue weighted by Gasteiger charge is -2.21. The Kier molecular flexibility index (Phi) is 2.38. The molecule has 1 aliphatic rings. The molecule has 1 N–H and O–H groups in total. The van der Waals surface area contributed by atoms with Crippen molar-refractivity contribution < 1.29 is 9.90 Å². The predicted octanol–water partition coefficient (Wildman–Crippen LogP) is 1.68. The van der Waals surface area contributed by atoms with E-state index in [4.69, 9.17) is 0 Å². The lowest BCUT2D eigenvalue weighted by molar-refractivity contribution is -0.123. The SMILES string of the molecule is CC1=CC(=O)C(C)(C)CC(O)C1. The first-order valence-corrected chi connectivity index (χ1v) is 4.31. The second-order valence-corrected chi connectivity index (χ2v) is 4.30. The van der Waals surface area contributed by atoms with Crippen molar-refractivity contribution >= 4 is 5.78 Å². The zero-order chi connectivity index (χ0) is 9.35. The summed E-state index contributed by atoms with van der Waals surface area (Å²) in [6.07, 6.45) is 2.51. The van der Waals surface area contributed by atoms with Gasteiger partial charge < -0.3 is 5.11 Å². The van der Waals surface area contributed by atoms with E-state index >= 15 is 0 Å². The van der Waals surface area contributed by atoms with Crippen molar-refractivity contribution in [1.29, 1.82) is 0 Å². The van der Waals surface area contributed by atoms with Crippen LogP contribution in [0.4, 0.5) is 0 Å². The van der Waals surface area contributed by atoms with E-state index in [9.17, 15) is 9.90 Å². The topological polar surface area (TPSA) is 37.3 Å². The van der Waals surface area contributed by atoms with E-state index in [1.165, 1.54) is 0 Å². The highest BCUT2D eigenvalue weighted by molar-refractivity contribution is 5.95. The van der Waals surface area contributed by atoms with Gasteiger partial charge in [0.1, 0.15) is 0 Å². The van der Waals surface area contributed by atoms with Gasteiger partial charge in [0.25, 0.3) is 0 Å². The Labute approximate surface area is 73.3 Å². The van der Waals surface area contributed by atoms with Gasteiger partial charge in [-0.25, -0.2) is 0 Å². The molecule has 0 radical (unpaired) electrons. The summed E-state index contributed by atoms with van der Waals surface area (Å²) >= 11 is 0. The van der Waals surface area contributed by atoms with Crippen molar-refractivity contribution in [2.75, 3.05) is 0 Å². The quantitative estimate of drug-likeness (QED) is 0.597. The van der Waals surface area contributed by atoms with E-state index in [0.29, 0.717) is 12.8 Å². The van der Waals surface area contributed by atoms with Gasteiger partial charge in [0.05, 0.1) is 6.10 Å². The van der Waals surface area contributed by atoms with Crippen molar-refractivity contribution in [2.24, 2.45) is 5.41 Å². The normalized spacial score (nSPS) is 29.5. The van der Waals surface area contributed by atoms with Gasteiger partial charge in [-0.3, -0.25) is 4.79 Å². The molecule has 12 heavy (non-hydrogen) atoms. The average Bonchev–Trinajstić information content (AvgIpc) is 1.89. The molecule has 1 unspecified atom stereocenters. The maximum absolute atomic E-state index is 11.5. The molecule has 1 rings (SSSR count). The number of aliphatic hydroxyl groups is 1. The second-order valence-electron chi connectivity index (χ2n) is 4.30. The lowest BCUT2D eigenvalue weighted by Crippen LogP contribution is -2.25. The fourth-order valence-electron chi connectivity index (χ4n) is 1.61. The number of ketones is 1. The zero-order valence-corrected chi connectivity index (χ0v) is 7.92. The summed E-state index contributed by atoms with van der Waals surface area (Å²) in [7, 11) is 0. The average molecular weight is 168 g/mol. The first-order valence-electron chi connectivity index (χ1n) is 4.31. The van der Waals surface area contributed by atoms with Gasteiger partial charge in [-0.15, -0.1) is 0 Å². The molecule has 0 spiro atoms. The van der Waals surface area contributed by atoms with Gasteiger partial charge in [-0.05, 0) is 25.8 Å². The highest BCUT2D eigenvalue weighted by atomic mass is 16.3. The fourth-order valence-corrected chi connectivity index (χ4v) is 1.61. The van der Waals surface area contributed by atoms with E-state index in [1.807, 2.05) is 20.8 Å². The Morgan fingerprint density at radius 2 is 2.17 bits per heavy atom. The third-order valence-electron chi connectivity index (χ3n) is 2.35. The van der Waals surface area contributed by atoms with Crippen LogP contribution in [0.25, 0.3) is 0 Å². The highest BCUT2D eigenvalue weighted by Gasteiger charge is 2.31. The minimum absolute atomic E-state index is 0.136. The van der Waals surface area contributed by atoms with Crippen LogP contribution in [0.1, 0.15) is 33.6 Å². The number of carbonyl (C=O) groups excluding carboxylic acids is 1. The molecule has 1 aliphatic carbocycles. The minimum atomic E-state index is -0.392. The van der Waals surface area contributed by atoms with Crippen LogP contribution in [0, 0.1) is 5.41 Å². The summed E-state index contributed by atoms with van der Waals surface area (Å²) in [5, 5.41) is 9.52. The first kappa shape index (κ1) is 9.46. The van der Waals surface area contributed by atoms with Crippen LogP contribution in [0.15, 0.2) is 11.6 Å². The molecular formula is C10H16O2.